The minimum Gasteiger partial charge on any atom is -0.348 e. The third-order valence-corrected chi connectivity index (χ3v) is 2.03. The van der Waals surface area contributed by atoms with Gasteiger partial charge in [-0.25, -0.2) is 0 Å². The van der Waals surface area contributed by atoms with Gasteiger partial charge in [0.1, 0.15) is 5.78 Å². The van der Waals surface area contributed by atoms with E-state index in [1.165, 1.54) is 6.92 Å². The molecule has 13 heavy (non-hydrogen) atoms. The highest BCUT2D eigenvalue weighted by Crippen LogP contribution is 2.24. The van der Waals surface area contributed by atoms with Crippen LogP contribution in [0.3, 0.4) is 0 Å². The van der Waals surface area contributed by atoms with Crippen LogP contribution in [0, 0.1) is 0 Å². The van der Waals surface area contributed by atoms with Gasteiger partial charge in [0.25, 0.3) is 0 Å². The molecule has 0 aromatic heterocycles. The summed E-state index contributed by atoms with van der Waals surface area (Å²) in [7, 11) is 0. The smallest absolute Gasteiger partial charge is 0.163 e. The lowest BCUT2D eigenvalue weighted by Gasteiger charge is -2.20. The maximum Gasteiger partial charge on any atom is 0.163 e. The average molecular weight is 187 g/mol. The number of carbonyl (C=O) groups is 1. The van der Waals surface area contributed by atoms with Crippen LogP contribution in [0.2, 0.25) is 0 Å². The predicted molar refractivity (Wildman–Crippen MR) is 48.2 cm³/mol. The first-order chi connectivity index (χ1) is 5.91. The van der Waals surface area contributed by atoms with Crippen molar-refractivity contribution in [2.24, 2.45) is 5.73 Å². The van der Waals surface area contributed by atoms with E-state index in [4.69, 9.17) is 15.2 Å². The van der Waals surface area contributed by atoms with E-state index in [0.29, 0.717) is 13.0 Å². The second-order valence-electron chi connectivity index (χ2n) is 3.94. The monoisotopic (exact) mass is 187 g/mol. The molecule has 1 heterocycles. The van der Waals surface area contributed by atoms with Crippen LogP contribution >= 0.6 is 0 Å². The fraction of sp³-hybridized carbons (Fsp3) is 0.889. The zero-order chi connectivity index (χ0) is 10.1. The second kappa shape index (κ2) is 3.74. The second-order valence-corrected chi connectivity index (χ2v) is 3.94. The van der Waals surface area contributed by atoms with Crippen molar-refractivity contribution in [1.82, 2.24) is 0 Å². The van der Waals surface area contributed by atoms with Crippen LogP contribution in [0.1, 0.15) is 27.2 Å². The van der Waals surface area contributed by atoms with E-state index >= 15 is 0 Å². The SMILES string of the molecule is CC(=O)CC(N)C1COC(C)(C)O1. The molecule has 0 aliphatic carbocycles. The summed E-state index contributed by atoms with van der Waals surface area (Å²) < 4.78 is 10.9. The normalized spacial score (nSPS) is 28.8. The topological polar surface area (TPSA) is 61.6 Å². The lowest BCUT2D eigenvalue weighted by Crippen LogP contribution is -2.38. The molecule has 1 saturated heterocycles. The van der Waals surface area contributed by atoms with Gasteiger partial charge in [-0.2, -0.15) is 0 Å². The van der Waals surface area contributed by atoms with Crippen molar-refractivity contribution in [2.75, 3.05) is 6.61 Å². The summed E-state index contributed by atoms with van der Waals surface area (Å²) in [5, 5.41) is 0. The van der Waals surface area contributed by atoms with Crippen molar-refractivity contribution < 1.29 is 14.3 Å². The molecule has 0 bridgehead atoms. The summed E-state index contributed by atoms with van der Waals surface area (Å²) in [6.07, 6.45) is 0.197. The Bertz CT molecular complexity index is 203. The van der Waals surface area contributed by atoms with E-state index in [-0.39, 0.29) is 17.9 Å². The van der Waals surface area contributed by atoms with Crippen molar-refractivity contribution in [3.05, 3.63) is 0 Å². The first-order valence-electron chi connectivity index (χ1n) is 4.47. The van der Waals surface area contributed by atoms with Crippen LogP contribution in [0.5, 0.6) is 0 Å². The van der Waals surface area contributed by atoms with E-state index in [2.05, 4.69) is 0 Å². The minimum atomic E-state index is -0.556. The molecular formula is C9H17NO3. The third kappa shape index (κ3) is 3.06. The molecule has 0 amide bonds. The van der Waals surface area contributed by atoms with Crippen molar-refractivity contribution in [3.8, 4) is 0 Å². The van der Waals surface area contributed by atoms with Crippen LogP contribution in [-0.2, 0) is 14.3 Å². The number of ether oxygens (including phenoxy) is 2. The summed E-state index contributed by atoms with van der Waals surface area (Å²) in [4.78, 5) is 10.8. The van der Waals surface area contributed by atoms with E-state index in [1.54, 1.807) is 0 Å². The summed E-state index contributed by atoms with van der Waals surface area (Å²) in [5.74, 6) is -0.472. The van der Waals surface area contributed by atoms with Gasteiger partial charge in [-0.15, -0.1) is 0 Å². The van der Waals surface area contributed by atoms with Crippen LogP contribution in [0.15, 0.2) is 0 Å². The Morgan fingerprint density at radius 2 is 2.31 bits per heavy atom. The molecule has 1 aliphatic heterocycles. The largest absolute Gasteiger partial charge is 0.348 e. The summed E-state index contributed by atoms with van der Waals surface area (Å²) >= 11 is 0. The molecule has 1 fully saturated rings. The van der Waals surface area contributed by atoms with Crippen molar-refractivity contribution >= 4 is 5.78 Å². The molecule has 0 aromatic carbocycles. The number of carbonyl (C=O) groups excluding carboxylic acids is 1. The Kier molecular flexibility index (Phi) is 3.05. The van der Waals surface area contributed by atoms with Gasteiger partial charge in [0.15, 0.2) is 5.79 Å². The maximum atomic E-state index is 10.8. The summed E-state index contributed by atoms with van der Waals surface area (Å²) in [6, 6.07) is -0.251. The number of hydrogen-bond acceptors (Lipinski definition) is 4. The highest BCUT2D eigenvalue weighted by atomic mass is 16.7. The minimum absolute atomic E-state index is 0.0841. The quantitative estimate of drug-likeness (QED) is 0.696. The standard InChI is InChI=1S/C9H17NO3/c1-6(11)4-7(10)8-5-12-9(2,3)13-8/h7-8H,4-5,10H2,1-3H3. The van der Waals surface area contributed by atoms with Gasteiger partial charge in [0.2, 0.25) is 0 Å². The van der Waals surface area contributed by atoms with Crippen LogP contribution in [-0.4, -0.2) is 30.3 Å². The summed E-state index contributed by atoms with van der Waals surface area (Å²) in [6.45, 7) is 5.68. The first kappa shape index (κ1) is 10.6. The molecule has 1 aliphatic rings. The lowest BCUT2D eigenvalue weighted by atomic mass is 10.1. The predicted octanol–water partition coefficient (Wildman–Crippen LogP) is 0.444. The average Bonchev–Trinajstić information content (AvgIpc) is 2.28. The Hall–Kier alpha value is -0.450. The first-order valence-corrected chi connectivity index (χ1v) is 4.47. The van der Waals surface area contributed by atoms with Crippen molar-refractivity contribution in [3.63, 3.8) is 0 Å². The molecule has 0 spiro atoms. The highest BCUT2D eigenvalue weighted by Gasteiger charge is 2.36. The van der Waals surface area contributed by atoms with Gasteiger partial charge in [-0.1, -0.05) is 0 Å². The van der Waals surface area contributed by atoms with Gasteiger partial charge < -0.3 is 15.2 Å². The van der Waals surface area contributed by atoms with Gasteiger partial charge in [0, 0.05) is 12.5 Å². The van der Waals surface area contributed by atoms with Gasteiger partial charge >= 0.3 is 0 Å². The molecule has 2 atom stereocenters. The van der Waals surface area contributed by atoms with Gasteiger partial charge in [-0.05, 0) is 20.8 Å². The molecule has 2 unspecified atom stereocenters. The van der Waals surface area contributed by atoms with Gasteiger partial charge in [0.05, 0.1) is 12.7 Å². The van der Waals surface area contributed by atoms with Gasteiger partial charge in [-0.3, -0.25) is 4.79 Å². The van der Waals surface area contributed by atoms with Crippen molar-refractivity contribution in [1.29, 1.82) is 0 Å². The maximum absolute atomic E-state index is 10.8. The molecule has 1 rings (SSSR count). The zero-order valence-electron chi connectivity index (χ0n) is 8.37. The fourth-order valence-electron chi connectivity index (χ4n) is 1.39. The summed E-state index contributed by atoms with van der Waals surface area (Å²) in [5.41, 5.74) is 5.78. The number of rotatable bonds is 3. The molecule has 76 valence electrons. The Balaban J connectivity index is 2.42. The molecule has 0 aromatic rings. The van der Waals surface area contributed by atoms with Crippen LogP contribution < -0.4 is 5.73 Å². The number of nitrogens with two attached hydrogens (primary N) is 1. The van der Waals surface area contributed by atoms with Crippen LogP contribution in [0.25, 0.3) is 0 Å². The number of Topliss-reactive ketones (excluding diaryl/α,β-unsaturated/α-hetero) is 1. The Labute approximate surface area is 78.4 Å². The molecule has 4 nitrogen and oxygen atoms in total. The third-order valence-electron chi connectivity index (χ3n) is 2.03. The highest BCUT2D eigenvalue weighted by molar-refractivity contribution is 5.76. The lowest BCUT2D eigenvalue weighted by molar-refractivity contribution is -0.142. The number of hydrogen-bond donors (Lipinski definition) is 1. The number of ketones is 1. The van der Waals surface area contributed by atoms with E-state index in [1.807, 2.05) is 13.8 Å². The van der Waals surface area contributed by atoms with E-state index < -0.39 is 5.79 Å². The van der Waals surface area contributed by atoms with E-state index in [0.717, 1.165) is 0 Å². The molecule has 4 heteroatoms. The molecule has 0 radical (unpaired) electrons. The molecule has 0 saturated carbocycles. The molecular weight excluding hydrogens is 170 g/mol. The molecule has 2 N–H and O–H groups in total. The van der Waals surface area contributed by atoms with E-state index in [9.17, 15) is 4.79 Å². The van der Waals surface area contributed by atoms with Crippen molar-refractivity contribution in [2.45, 2.75) is 45.1 Å². The Morgan fingerprint density at radius 3 is 2.69 bits per heavy atom. The Morgan fingerprint density at radius 1 is 1.69 bits per heavy atom. The van der Waals surface area contributed by atoms with Crippen LogP contribution in [0.4, 0.5) is 0 Å². The zero-order valence-corrected chi connectivity index (χ0v) is 8.37. The fourth-order valence-corrected chi connectivity index (χ4v) is 1.39.